The number of amides is 1. The summed E-state index contributed by atoms with van der Waals surface area (Å²) in [4.78, 5) is 12.0. The predicted octanol–water partition coefficient (Wildman–Crippen LogP) is 1.65. The number of hydrogen-bond acceptors (Lipinski definition) is 3. The number of carbonyl (C=O) groups excluding carboxylic acids is 1. The number of anilines is 1. The van der Waals surface area contributed by atoms with Gasteiger partial charge in [-0.2, -0.15) is 0 Å². The Morgan fingerprint density at radius 1 is 1.50 bits per heavy atom. The minimum Gasteiger partial charge on any atom is -0.379 e. The van der Waals surface area contributed by atoms with Crippen molar-refractivity contribution in [3.05, 3.63) is 29.0 Å². The lowest BCUT2D eigenvalue weighted by atomic mass is 10.0. The van der Waals surface area contributed by atoms with Gasteiger partial charge in [0.15, 0.2) is 0 Å². The first-order valence-corrected chi connectivity index (χ1v) is 6.00. The van der Waals surface area contributed by atoms with Crippen LogP contribution in [0, 0.1) is 11.7 Å². The molecule has 1 saturated heterocycles. The second kappa shape index (κ2) is 5.65. The molecule has 98 valence electrons. The second-order valence-corrected chi connectivity index (χ2v) is 4.56. The molecule has 4 nitrogen and oxygen atoms in total. The van der Waals surface area contributed by atoms with E-state index in [1.54, 1.807) is 7.05 Å². The van der Waals surface area contributed by atoms with Gasteiger partial charge < -0.3 is 15.4 Å². The SMILES string of the molecule is CNC1COCC1C(=O)Nc1ccc(F)c(Cl)c1. The van der Waals surface area contributed by atoms with E-state index in [1.807, 2.05) is 0 Å². The van der Waals surface area contributed by atoms with Crippen LogP contribution in [0.25, 0.3) is 0 Å². The molecule has 1 aromatic rings. The van der Waals surface area contributed by atoms with Crippen LogP contribution in [-0.2, 0) is 9.53 Å². The molecule has 1 aromatic carbocycles. The first kappa shape index (κ1) is 13.3. The highest BCUT2D eigenvalue weighted by Crippen LogP contribution is 2.21. The van der Waals surface area contributed by atoms with E-state index in [-0.39, 0.29) is 22.9 Å². The number of nitrogens with one attached hydrogen (secondary N) is 2. The summed E-state index contributed by atoms with van der Waals surface area (Å²) in [6, 6.07) is 4.09. The lowest BCUT2D eigenvalue weighted by Crippen LogP contribution is -2.39. The van der Waals surface area contributed by atoms with Gasteiger partial charge in [0, 0.05) is 11.7 Å². The maximum atomic E-state index is 13.0. The zero-order valence-corrected chi connectivity index (χ0v) is 10.6. The minimum atomic E-state index is -0.507. The van der Waals surface area contributed by atoms with Gasteiger partial charge in [-0.1, -0.05) is 11.6 Å². The minimum absolute atomic E-state index is 0.000852. The molecule has 2 atom stereocenters. The number of likely N-dealkylation sites (N-methyl/N-ethyl adjacent to an activating group) is 1. The van der Waals surface area contributed by atoms with Gasteiger partial charge in [0.05, 0.1) is 24.2 Å². The molecule has 6 heteroatoms. The van der Waals surface area contributed by atoms with Crippen molar-refractivity contribution in [1.82, 2.24) is 5.32 Å². The van der Waals surface area contributed by atoms with Crippen molar-refractivity contribution >= 4 is 23.2 Å². The number of carbonyl (C=O) groups is 1. The zero-order chi connectivity index (χ0) is 13.1. The summed E-state index contributed by atoms with van der Waals surface area (Å²) in [5.41, 5.74) is 0.480. The number of ether oxygens (including phenoxy) is 1. The van der Waals surface area contributed by atoms with Crippen molar-refractivity contribution in [2.45, 2.75) is 6.04 Å². The topological polar surface area (TPSA) is 50.4 Å². The Bertz CT molecular complexity index is 456. The molecular formula is C12H14ClFN2O2. The first-order chi connectivity index (χ1) is 8.61. The molecule has 1 amide bonds. The molecule has 2 N–H and O–H groups in total. The van der Waals surface area contributed by atoms with Crippen LogP contribution in [-0.4, -0.2) is 32.2 Å². The molecule has 0 saturated carbocycles. The van der Waals surface area contributed by atoms with Crippen LogP contribution in [0.15, 0.2) is 18.2 Å². The van der Waals surface area contributed by atoms with E-state index in [9.17, 15) is 9.18 Å². The second-order valence-electron chi connectivity index (χ2n) is 4.16. The van der Waals surface area contributed by atoms with Crippen LogP contribution in [0.2, 0.25) is 5.02 Å². The monoisotopic (exact) mass is 272 g/mol. The van der Waals surface area contributed by atoms with Crippen LogP contribution >= 0.6 is 11.6 Å². The van der Waals surface area contributed by atoms with Gasteiger partial charge in [-0.3, -0.25) is 4.79 Å². The fraction of sp³-hybridized carbons (Fsp3) is 0.417. The lowest BCUT2D eigenvalue weighted by molar-refractivity contribution is -0.120. The highest BCUT2D eigenvalue weighted by Gasteiger charge is 2.32. The van der Waals surface area contributed by atoms with Crippen molar-refractivity contribution in [3.8, 4) is 0 Å². The molecule has 1 aliphatic heterocycles. The Morgan fingerprint density at radius 3 is 2.94 bits per heavy atom. The standard InChI is InChI=1S/C12H14ClFN2O2/c1-15-11-6-18-5-8(11)12(17)16-7-2-3-10(14)9(13)4-7/h2-4,8,11,15H,5-6H2,1H3,(H,16,17). The van der Waals surface area contributed by atoms with Crippen LogP contribution in [0.3, 0.4) is 0 Å². The molecule has 2 unspecified atom stereocenters. The predicted molar refractivity (Wildman–Crippen MR) is 67.2 cm³/mol. The molecule has 0 aliphatic carbocycles. The molecular weight excluding hydrogens is 259 g/mol. The molecule has 0 aromatic heterocycles. The first-order valence-electron chi connectivity index (χ1n) is 5.62. The maximum absolute atomic E-state index is 13.0. The summed E-state index contributed by atoms with van der Waals surface area (Å²) < 4.78 is 18.2. The smallest absolute Gasteiger partial charge is 0.231 e. The number of hydrogen-bond donors (Lipinski definition) is 2. The molecule has 0 bridgehead atoms. The highest BCUT2D eigenvalue weighted by molar-refractivity contribution is 6.31. The van der Waals surface area contributed by atoms with Crippen LogP contribution < -0.4 is 10.6 Å². The molecule has 1 fully saturated rings. The van der Waals surface area contributed by atoms with E-state index in [0.29, 0.717) is 18.9 Å². The van der Waals surface area contributed by atoms with Crippen molar-refractivity contribution in [3.63, 3.8) is 0 Å². The van der Waals surface area contributed by atoms with Crippen LogP contribution in [0.5, 0.6) is 0 Å². The van der Waals surface area contributed by atoms with Crippen molar-refractivity contribution in [2.24, 2.45) is 5.92 Å². The Kier molecular flexibility index (Phi) is 4.16. The molecule has 2 rings (SSSR count). The molecule has 0 spiro atoms. The number of rotatable bonds is 3. The third-order valence-corrected chi connectivity index (χ3v) is 3.26. The van der Waals surface area contributed by atoms with Gasteiger partial charge >= 0.3 is 0 Å². The van der Waals surface area contributed by atoms with Crippen LogP contribution in [0.4, 0.5) is 10.1 Å². The van der Waals surface area contributed by atoms with E-state index in [4.69, 9.17) is 16.3 Å². The average molecular weight is 273 g/mol. The highest BCUT2D eigenvalue weighted by atomic mass is 35.5. The number of benzene rings is 1. The van der Waals surface area contributed by atoms with E-state index in [1.165, 1.54) is 18.2 Å². The Balaban J connectivity index is 2.04. The number of halogens is 2. The van der Waals surface area contributed by atoms with Crippen molar-refractivity contribution in [1.29, 1.82) is 0 Å². The molecule has 0 radical (unpaired) electrons. The molecule has 18 heavy (non-hydrogen) atoms. The van der Waals surface area contributed by atoms with Gasteiger partial charge in [0.2, 0.25) is 5.91 Å². The largest absolute Gasteiger partial charge is 0.379 e. The summed E-state index contributed by atoms with van der Waals surface area (Å²) in [5.74, 6) is -0.916. The summed E-state index contributed by atoms with van der Waals surface area (Å²) in [6.07, 6.45) is 0. The average Bonchev–Trinajstić information content (AvgIpc) is 2.82. The van der Waals surface area contributed by atoms with Gasteiger partial charge in [0.25, 0.3) is 0 Å². The quantitative estimate of drug-likeness (QED) is 0.880. The van der Waals surface area contributed by atoms with Gasteiger partial charge in [-0.25, -0.2) is 4.39 Å². The van der Waals surface area contributed by atoms with Gasteiger partial charge in [-0.15, -0.1) is 0 Å². The lowest BCUT2D eigenvalue weighted by Gasteiger charge is -2.16. The van der Waals surface area contributed by atoms with Gasteiger partial charge in [0.1, 0.15) is 5.82 Å². The summed E-state index contributed by atoms with van der Waals surface area (Å²) in [6.45, 7) is 0.894. The third kappa shape index (κ3) is 2.80. The summed E-state index contributed by atoms with van der Waals surface area (Å²) >= 11 is 5.65. The summed E-state index contributed by atoms with van der Waals surface area (Å²) in [7, 11) is 1.79. The Labute approximate surface area is 109 Å². The Hall–Kier alpha value is -1.17. The third-order valence-electron chi connectivity index (χ3n) is 2.98. The van der Waals surface area contributed by atoms with Crippen molar-refractivity contribution < 1.29 is 13.9 Å². The Morgan fingerprint density at radius 2 is 2.28 bits per heavy atom. The van der Waals surface area contributed by atoms with Gasteiger partial charge in [-0.05, 0) is 25.2 Å². The fourth-order valence-corrected chi connectivity index (χ4v) is 2.09. The van der Waals surface area contributed by atoms with E-state index in [2.05, 4.69) is 10.6 Å². The van der Waals surface area contributed by atoms with E-state index in [0.717, 1.165) is 0 Å². The normalized spacial score (nSPS) is 23.1. The van der Waals surface area contributed by atoms with E-state index < -0.39 is 5.82 Å². The maximum Gasteiger partial charge on any atom is 0.231 e. The molecule has 1 aliphatic rings. The zero-order valence-electron chi connectivity index (χ0n) is 9.87. The van der Waals surface area contributed by atoms with E-state index >= 15 is 0 Å². The van der Waals surface area contributed by atoms with Crippen LogP contribution in [0.1, 0.15) is 0 Å². The summed E-state index contributed by atoms with van der Waals surface area (Å²) in [5, 5.41) is 5.72. The van der Waals surface area contributed by atoms with Crippen molar-refractivity contribution in [2.75, 3.05) is 25.6 Å². The fourth-order valence-electron chi connectivity index (χ4n) is 1.91. The molecule has 1 heterocycles.